The van der Waals surface area contributed by atoms with Crippen LogP contribution in [0.4, 0.5) is 0 Å². The van der Waals surface area contributed by atoms with Crippen LogP contribution in [0.25, 0.3) is 10.9 Å². The Kier molecular flexibility index (Phi) is 3.56. The maximum absolute atomic E-state index is 12.7. The van der Waals surface area contributed by atoms with Crippen molar-refractivity contribution >= 4 is 22.8 Å². The molecule has 0 spiro atoms. The first kappa shape index (κ1) is 13.5. The molecule has 1 aromatic carbocycles. The smallest absolute Gasteiger partial charge is 0.323 e. The minimum Gasteiger partial charge on any atom is -0.480 e. The van der Waals surface area contributed by atoms with Gasteiger partial charge >= 0.3 is 5.97 Å². The second kappa shape index (κ2) is 5.52. The molecule has 0 radical (unpaired) electrons. The molecule has 5 heteroatoms. The Balaban J connectivity index is 1.94. The normalized spacial score (nSPS) is 14.1. The van der Waals surface area contributed by atoms with Gasteiger partial charge < -0.3 is 10.0 Å². The number of carboxylic acid groups (broad SMARTS) is 1. The monoisotopic (exact) mass is 284 g/mol. The summed E-state index contributed by atoms with van der Waals surface area (Å²) < 4.78 is 0. The molecule has 1 fully saturated rings. The Hall–Kier alpha value is -2.43. The fourth-order valence-electron chi connectivity index (χ4n) is 2.45. The Morgan fingerprint density at radius 2 is 2.05 bits per heavy atom. The first-order chi connectivity index (χ1) is 10.1. The molecular weight excluding hydrogens is 268 g/mol. The summed E-state index contributed by atoms with van der Waals surface area (Å²) in [6, 6.07) is 8.97. The summed E-state index contributed by atoms with van der Waals surface area (Å²) in [6.45, 7) is 0.258. The molecule has 5 nitrogen and oxygen atoms in total. The molecule has 3 rings (SSSR count). The summed E-state index contributed by atoms with van der Waals surface area (Å²) in [4.78, 5) is 29.4. The molecule has 0 aliphatic heterocycles. The Morgan fingerprint density at radius 3 is 2.76 bits per heavy atom. The van der Waals surface area contributed by atoms with Crippen molar-refractivity contribution < 1.29 is 14.7 Å². The zero-order valence-electron chi connectivity index (χ0n) is 11.5. The number of fused-ring (bicyclic) bond motifs is 1. The second-order valence-electron chi connectivity index (χ2n) is 5.40. The van der Waals surface area contributed by atoms with Gasteiger partial charge in [-0.1, -0.05) is 12.1 Å². The van der Waals surface area contributed by atoms with E-state index in [1.165, 1.54) is 4.90 Å². The Morgan fingerprint density at radius 1 is 1.24 bits per heavy atom. The number of rotatable bonds is 5. The number of carbonyl (C=O) groups is 2. The predicted octanol–water partition coefficient (Wildman–Crippen LogP) is 2.17. The van der Waals surface area contributed by atoms with Crippen LogP contribution >= 0.6 is 0 Å². The molecule has 1 aliphatic rings. The molecule has 2 aromatic rings. The van der Waals surface area contributed by atoms with Gasteiger partial charge in [-0.05, 0) is 37.0 Å². The molecule has 1 aliphatic carbocycles. The highest BCUT2D eigenvalue weighted by Gasteiger charge is 2.29. The van der Waals surface area contributed by atoms with Gasteiger partial charge in [0.15, 0.2) is 0 Å². The molecule has 0 saturated heterocycles. The highest BCUT2D eigenvalue weighted by atomic mass is 16.4. The number of amides is 1. The number of aliphatic carboxylic acids is 1. The van der Waals surface area contributed by atoms with Crippen LogP contribution in [0.3, 0.4) is 0 Å². The van der Waals surface area contributed by atoms with Crippen LogP contribution in [-0.4, -0.2) is 40.0 Å². The van der Waals surface area contributed by atoms with Crippen molar-refractivity contribution in [3.8, 4) is 0 Å². The lowest BCUT2D eigenvalue weighted by Crippen LogP contribution is -2.37. The maximum atomic E-state index is 12.7. The van der Waals surface area contributed by atoms with Crippen molar-refractivity contribution in [2.75, 3.05) is 13.1 Å². The van der Waals surface area contributed by atoms with Crippen molar-refractivity contribution in [3.63, 3.8) is 0 Å². The van der Waals surface area contributed by atoms with E-state index >= 15 is 0 Å². The van der Waals surface area contributed by atoms with Gasteiger partial charge in [-0.2, -0.15) is 0 Å². The van der Waals surface area contributed by atoms with Gasteiger partial charge in [0.25, 0.3) is 5.91 Å². The van der Waals surface area contributed by atoms with Crippen LogP contribution in [0.2, 0.25) is 0 Å². The van der Waals surface area contributed by atoms with Crippen molar-refractivity contribution in [3.05, 3.63) is 42.1 Å². The largest absolute Gasteiger partial charge is 0.480 e. The summed E-state index contributed by atoms with van der Waals surface area (Å²) in [6.07, 6.45) is 3.82. The average molecular weight is 284 g/mol. The van der Waals surface area contributed by atoms with E-state index in [2.05, 4.69) is 4.98 Å². The lowest BCUT2D eigenvalue weighted by Gasteiger charge is -2.21. The topological polar surface area (TPSA) is 70.5 Å². The van der Waals surface area contributed by atoms with Gasteiger partial charge in [0.2, 0.25) is 0 Å². The molecule has 0 unspecified atom stereocenters. The maximum Gasteiger partial charge on any atom is 0.323 e. The summed E-state index contributed by atoms with van der Waals surface area (Å²) >= 11 is 0. The highest BCUT2D eigenvalue weighted by molar-refractivity contribution is 6.06. The van der Waals surface area contributed by atoms with Crippen molar-refractivity contribution in [2.24, 2.45) is 5.92 Å². The SMILES string of the molecule is O=C(O)CN(CC1CC1)C(=O)c1cccc2ncccc12. The quantitative estimate of drug-likeness (QED) is 0.913. The number of aromatic nitrogens is 1. The van der Waals surface area contributed by atoms with E-state index in [0.717, 1.165) is 23.7 Å². The minimum atomic E-state index is -0.984. The number of nitrogens with zero attached hydrogens (tertiary/aromatic N) is 2. The van der Waals surface area contributed by atoms with Crippen LogP contribution in [-0.2, 0) is 4.79 Å². The fraction of sp³-hybridized carbons (Fsp3) is 0.312. The third kappa shape index (κ3) is 3.02. The standard InChI is InChI=1S/C16H16N2O3/c19-15(20)10-18(9-11-6-7-11)16(21)13-3-1-5-14-12(13)4-2-8-17-14/h1-5,8,11H,6-7,9-10H2,(H,19,20). The van der Waals surface area contributed by atoms with Crippen LogP contribution in [0.15, 0.2) is 36.5 Å². The van der Waals surface area contributed by atoms with Crippen LogP contribution in [0.1, 0.15) is 23.2 Å². The average Bonchev–Trinajstić information content (AvgIpc) is 3.29. The second-order valence-corrected chi connectivity index (χ2v) is 5.40. The van der Waals surface area contributed by atoms with Gasteiger partial charge in [0.1, 0.15) is 6.54 Å². The van der Waals surface area contributed by atoms with Crippen molar-refractivity contribution in [2.45, 2.75) is 12.8 Å². The molecule has 1 amide bonds. The number of benzene rings is 1. The number of carbonyl (C=O) groups excluding carboxylic acids is 1. The van der Waals surface area contributed by atoms with Crippen LogP contribution in [0.5, 0.6) is 0 Å². The molecule has 1 heterocycles. The van der Waals surface area contributed by atoms with Crippen LogP contribution in [0, 0.1) is 5.92 Å². The molecule has 108 valence electrons. The number of hydrogen-bond acceptors (Lipinski definition) is 3. The molecular formula is C16H16N2O3. The summed E-state index contributed by atoms with van der Waals surface area (Å²) in [5.41, 5.74) is 1.26. The third-order valence-corrected chi connectivity index (χ3v) is 3.66. The molecule has 0 bridgehead atoms. The fourth-order valence-corrected chi connectivity index (χ4v) is 2.45. The van der Waals surface area contributed by atoms with Crippen molar-refractivity contribution in [1.82, 2.24) is 9.88 Å². The molecule has 21 heavy (non-hydrogen) atoms. The van der Waals surface area contributed by atoms with Gasteiger partial charge in [0.05, 0.1) is 5.52 Å². The summed E-state index contributed by atoms with van der Waals surface area (Å²) in [7, 11) is 0. The van der Waals surface area contributed by atoms with Gasteiger partial charge in [-0.15, -0.1) is 0 Å². The molecule has 1 saturated carbocycles. The molecule has 0 atom stereocenters. The first-order valence-corrected chi connectivity index (χ1v) is 7.00. The summed E-state index contributed by atoms with van der Waals surface area (Å²) in [5, 5.41) is 9.78. The summed E-state index contributed by atoms with van der Waals surface area (Å²) in [5.74, 6) is -0.772. The van der Waals surface area contributed by atoms with E-state index in [1.807, 2.05) is 12.1 Å². The number of carboxylic acids is 1. The van der Waals surface area contributed by atoms with Gasteiger partial charge in [0, 0.05) is 23.7 Å². The zero-order valence-corrected chi connectivity index (χ0v) is 11.5. The Bertz CT molecular complexity index is 689. The van der Waals surface area contributed by atoms with E-state index in [9.17, 15) is 9.59 Å². The van der Waals surface area contributed by atoms with Gasteiger partial charge in [-0.3, -0.25) is 14.6 Å². The lowest BCUT2D eigenvalue weighted by molar-refractivity contribution is -0.137. The van der Waals surface area contributed by atoms with Crippen molar-refractivity contribution in [1.29, 1.82) is 0 Å². The molecule has 1 aromatic heterocycles. The zero-order chi connectivity index (χ0) is 14.8. The van der Waals surface area contributed by atoms with E-state index in [1.54, 1.807) is 24.4 Å². The van der Waals surface area contributed by atoms with Gasteiger partial charge in [-0.25, -0.2) is 0 Å². The predicted molar refractivity (Wildman–Crippen MR) is 78.0 cm³/mol. The minimum absolute atomic E-state index is 0.233. The highest BCUT2D eigenvalue weighted by Crippen LogP contribution is 2.30. The van der Waals surface area contributed by atoms with E-state index < -0.39 is 5.97 Å². The van der Waals surface area contributed by atoms with E-state index in [-0.39, 0.29) is 12.5 Å². The number of hydrogen-bond donors (Lipinski definition) is 1. The molecule has 1 N–H and O–H groups in total. The number of pyridine rings is 1. The first-order valence-electron chi connectivity index (χ1n) is 7.00. The van der Waals surface area contributed by atoms with Crippen LogP contribution < -0.4 is 0 Å². The third-order valence-electron chi connectivity index (χ3n) is 3.66. The van der Waals surface area contributed by atoms with E-state index in [4.69, 9.17) is 5.11 Å². The lowest BCUT2D eigenvalue weighted by atomic mass is 10.1. The Labute approximate surface area is 122 Å². The van der Waals surface area contributed by atoms with E-state index in [0.29, 0.717) is 18.0 Å².